The third kappa shape index (κ3) is 4.67. The van der Waals surface area contributed by atoms with Crippen LogP contribution in [0.25, 0.3) is 10.9 Å². The number of carbonyl (C=O) groups excluding carboxylic acids is 1. The summed E-state index contributed by atoms with van der Waals surface area (Å²) in [6, 6.07) is 15.3. The van der Waals surface area contributed by atoms with Crippen LogP contribution in [0, 0.1) is 0 Å². The highest BCUT2D eigenvalue weighted by molar-refractivity contribution is 5.94. The first kappa shape index (κ1) is 23.2. The van der Waals surface area contributed by atoms with Crippen LogP contribution in [0.1, 0.15) is 51.8 Å². The molecule has 3 aromatic heterocycles. The van der Waals surface area contributed by atoms with E-state index >= 15 is 0 Å². The predicted octanol–water partition coefficient (Wildman–Crippen LogP) is 4.25. The molecule has 0 fully saturated rings. The number of para-hydroxylation sites is 1. The maximum Gasteiger partial charge on any atom is 0.305 e. The minimum absolute atomic E-state index is 0.145. The molecule has 8 nitrogen and oxygen atoms in total. The fourth-order valence-electron chi connectivity index (χ4n) is 5.46. The molecule has 5 heterocycles. The molecule has 0 bridgehead atoms. The first-order valence-electron chi connectivity index (χ1n) is 12.8. The maximum absolute atomic E-state index is 13.6. The zero-order valence-electron chi connectivity index (χ0n) is 20.6. The van der Waals surface area contributed by atoms with Crippen molar-refractivity contribution in [2.24, 2.45) is 0 Å². The second-order valence-corrected chi connectivity index (χ2v) is 9.84. The number of fused-ring (bicyclic) bond motifs is 3. The lowest BCUT2D eigenvalue weighted by Crippen LogP contribution is -2.43. The van der Waals surface area contributed by atoms with Crippen molar-refractivity contribution >= 4 is 28.6 Å². The lowest BCUT2D eigenvalue weighted by atomic mass is 10.0. The van der Waals surface area contributed by atoms with Crippen LogP contribution in [-0.2, 0) is 30.6 Å². The third-order valence-electron chi connectivity index (χ3n) is 7.38. The van der Waals surface area contributed by atoms with Crippen LogP contribution in [0.15, 0.2) is 60.9 Å². The molecule has 1 aromatic carbocycles. The van der Waals surface area contributed by atoms with E-state index in [9.17, 15) is 14.7 Å². The van der Waals surface area contributed by atoms with E-state index in [1.807, 2.05) is 47.2 Å². The van der Waals surface area contributed by atoms with Gasteiger partial charge in [-0.1, -0.05) is 24.3 Å². The van der Waals surface area contributed by atoms with Crippen LogP contribution >= 0.6 is 0 Å². The number of rotatable bonds is 7. The number of nitrogens with zero attached hydrogens (tertiary/aromatic N) is 4. The van der Waals surface area contributed by atoms with Crippen molar-refractivity contribution in [3.05, 3.63) is 89.0 Å². The summed E-state index contributed by atoms with van der Waals surface area (Å²) in [4.78, 5) is 36.4. The number of hydrogen-bond acceptors (Lipinski definition) is 5. The normalized spacial score (nSPS) is 15.7. The minimum atomic E-state index is -0.945. The molecule has 2 aliphatic heterocycles. The molecule has 37 heavy (non-hydrogen) atoms. The van der Waals surface area contributed by atoms with Crippen molar-refractivity contribution in [3.8, 4) is 0 Å². The van der Waals surface area contributed by atoms with Gasteiger partial charge in [0.15, 0.2) is 0 Å². The number of carboxylic acids is 1. The van der Waals surface area contributed by atoms with Crippen LogP contribution < -0.4 is 5.32 Å². The molecule has 0 saturated carbocycles. The molecule has 1 atom stereocenters. The molecule has 0 aliphatic carbocycles. The Morgan fingerprint density at radius 1 is 1.11 bits per heavy atom. The SMILES string of the molecule is O=C(O)C[C@@H](c1cnc2ccccc2c1)N1CCn2cc(CCc3ccc4c(n3)NCCC4)cc2C1=O. The molecule has 2 N–H and O–H groups in total. The molecule has 4 aromatic rings. The van der Waals surface area contributed by atoms with Gasteiger partial charge in [0, 0.05) is 43.1 Å². The fourth-order valence-corrected chi connectivity index (χ4v) is 5.46. The molecule has 1 amide bonds. The molecule has 188 valence electrons. The number of benzene rings is 1. The molecular formula is C29H29N5O3. The zero-order chi connectivity index (χ0) is 25.4. The highest BCUT2D eigenvalue weighted by atomic mass is 16.4. The van der Waals surface area contributed by atoms with Crippen LogP contribution in [0.2, 0.25) is 0 Å². The number of pyridine rings is 2. The van der Waals surface area contributed by atoms with E-state index in [-0.39, 0.29) is 12.3 Å². The van der Waals surface area contributed by atoms with Gasteiger partial charge in [0.2, 0.25) is 0 Å². The van der Waals surface area contributed by atoms with Gasteiger partial charge in [0.05, 0.1) is 18.0 Å². The first-order chi connectivity index (χ1) is 18.0. The van der Waals surface area contributed by atoms with E-state index in [1.165, 1.54) is 5.56 Å². The summed E-state index contributed by atoms with van der Waals surface area (Å²) in [6.07, 6.45) is 7.36. The Kier molecular flexibility index (Phi) is 6.08. The number of carbonyl (C=O) groups is 2. The maximum atomic E-state index is 13.6. The summed E-state index contributed by atoms with van der Waals surface area (Å²) in [5, 5.41) is 14.0. The molecule has 2 aliphatic rings. The van der Waals surface area contributed by atoms with Gasteiger partial charge in [-0.3, -0.25) is 14.6 Å². The van der Waals surface area contributed by atoms with Gasteiger partial charge in [0.1, 0.15) is 11.5 Å². The van der Waals surface area contributed by atoms with Gasteiger partial charge in [-0.05, 0) is 66.6 Å². The summed E-state index contributed by atoms with van der Waals surface area (Å²) in [5.41, 5.74) is 5.58. The molecule has 0 radical (unpaired) electrons. The van der Waals surface area contributed by atoms with Crippen molar-refractivity contribution in [1.29, 1.82) is 0 Å². The van der Waals surface area contributed by atoms with E-state index in [1.54, 1.807) is 11.1 Å². The number of aliphatic carboxylic acids is 1. The summed E-state index contributed by atoms with van der Waals surface area (Å²) >= 11 is 0. The monoisotopic (exact) mass is 495 g/mol. The molecule has 0 saturated heterocycles. The fraction of sp³-hybridized carbons (Fsp3) is 0.310. The number of aryl methyl sites for hydroxylation is 3. The number of hydrogen-bond donors (Lipinski definition) is 2. The summed E-state index contributed by atoms with van der Waals surface area (Å²) in [7, 11) is 0. The molecule has 0 spiro atoms. The van der Waals surface area contributed by atoms with Crippen LogP contribution in [-0.4, -0.2) is 49.5 Å². The number of aromatic nitrogens is 3. The zero-order valence-corrected chi connectivity index (χ0v) is 20.6. The Labute approximate surface area is 215 Å². The molecule has 8 heteroatoms. The average Bonchev–Trinajstić information content (AvgIpc) is 3.35. The third-order valence-corrected chi connectivity index (χ3v) is 7.38. The van der Waals surface area contributed by atoms with Crippen molar-refractivity contribution in [1.82, 2.24) is 19.4 Å². The Balaban J connectivity index is 1.22. The topological polar surface area (TPSA) is 100 Å². The lowest BCUT2D eigenvalue weighted by Gasteiger charge is -2.35. The van der Waals surface area contributed by atoms with Crippen LogP contribution in [0.4, 0.5) is 5.82 Å². The highest BCUT2D eigenvalue weighted by Crippen LogP contribution is 2.31. The minimum Gasteiger partial charge on any atom is -0.481 e. The second-order valence-electron chi connectivity index (χ2n) is 9.84. The van der Waals surface area contributed by atoms with Gasteiger partial charge in [-0.25, -0.2) is 4.98 Å². The number of nitrogens with one attached hydrogen (secondary N) is 1. The first-order valence-corrected chi connectivity index (χ1v) is 12.8. The van der Waals surface area contributed by atoms with E-state index < -0.39 is 12.0 Å². The second kappa shape index (κ2) is 9.69. The number of anilines is 1. The standard InChI is InChI=1S/C29H29N5O3/c35-27(36)16-25(22-15-21-4-1-2-6-24(21)31-17-22)34-13-12-33-18-19(14-26(33)29(34)37)7-9-23-10-8-20-5-3-11-30-28(20)32-23/h1-2,4,6,8,10,14-15,17-18,25H,3,5,7,9,11-13,16H2,(H,30,32)(H,35,36)/t25-/m0/s1. The van der Waals surface area contributed by atoms with Crippen molar-refractivity contribution in [3.63, 3.8) is 0 Å². The highest BCUT2D eigenvalue weighted by Gasteiger charge is 2.33. The van der Waals surface area contributed by atoms with E-state index in [0.717, 1.165) is 65.8 Å². The molecular weight excluding hydrogens is 466 g/mol. The van der Waals surface area contributed by atoms with Gasteiger partial charge in [0.25, 0.3) is 5.91 Å². The van der Waals surface area contributed by atoms with E-state index in [0.29, 0.717) is 18.8 Å². The Hall–Kier alpha value is -4.20. The van der Waals surface area contributed by atoms with E-state index in [2.05, 4.69) is 22.4 Å². The largest absolute Gasteiger partial charge is 0.481 e. The van der Waals surface area contributed by atoms with Gasteiger partial charge >= 0.3 is 5.97 Å². The molecule has 0 unspecified atom stereocenters. The Bertz CT molecular complexity index is 1490. The Morgan fingerprint density at radius 2 is 2.00 bits per heavy atom. The smallest absolute Gasteiger partial charge is 0.305 e. The predicted molar refractivity (Wildman–Crippen MR) is 141 cm³/mol. The number of carboxylic acid groups (broad SMARTS) is 1. The Morgan fingerprint density at radius 3 is 2.89 bits per heavy atom. The van der Waals surface area contributed by atoms with Gasteiger partial charge < -0.3 is 19.9 Å². The van der Waals surface area contributed by atoms with Gasteiger partial charge in [-0.2, -0.15) is 0 Å². The van der Waals surface area contributed by atoms with E-state index in [4.69, 9.17) is 4.98 Å². The average molecular weight is 496 g/mol. The summed E-state index contributed by atoms with van der Waals surface area (Å²) < 4.78 is 1.99. The molecule has 6 rings (SSSR count). The van der Waals surface area contributed by atoms with Crippen LogP contribution in [0.3, 0.4) is 0 Å². The van der Waals surface area contributed by atoms with Crippen molar-refractivity contribution in [2.75, 3.05) is 18.4 Å². The summed E-state index contributed by atoms with van der Waals surface area (Å²) in [5.74, 6) is -0.0916. The van der Waals surface area contributed by atoms with Crippen molar-refractivity contribution in [2.45, 2.75) is 44.7 Å². The quantitative estimate of drug-likeness (QED) is 0.398. The number of amides is 1. The van der Waals surface area contributed by atoms with Crippen molar-refractivity contribution < 1.29 is 14.7 Å². The summed E-state index contributed by atoms with van der Waals surface area (Å²) in [6.45, 7) is 2.04. The lowest BCUT2D eigenvalue weighted by molar-refractivity contribution is -0.138. The van der Waals surface area contributed by atoms with Gasteiger partial charge in [-0.15, -0.1) is 0 Å². The van der Waals surface area contributed by atoms with Crippen LogP contribution in [0.5, 0.6) is 0 Å².